The maximum atomic E-state index is 12.4. The number of rotatable bonds is 5. The highest BCUT2D eigenvalue weighted by atomic mass is 16.3. The summed E-state index contributed by atoms with van der Waals surface area (Å²) in [4.78, 5) is 12.4. The van der Waals surface area contributed by atoms with E-state index in [2.05, 4.69) is 34.5 Å². The minimum atomic E-state index is -0.447. The third-order valence-corrected chi connectivity index (χ3v) is 5.03. The van der Waals surface area contributed by atoms with Crippen molar-refractivity contribution in [1.82, 2.24) is 29.9 Å². The Morgan fingerprint density at radius 1 is 1.40 bits per heavy atom. The Morgan fingerprint density at radius 2 is 2.16 bits per heavy atom. The van der Waals surface area contributed by atoms with Gasteiger partial charge in [-0.15, -0.1) is 10.2 Å². The van der Waals surface area contributed by atoms with Gasteiger partial charge in [-0.2, -0.15) is 5.10 Å². The standard InChI is InChI=1S/C17H26N6O2/c1-10(2)14-7-13(21-23(14)4)17(25)18-8-12-5-11(6-15(12)24)16-20-19-9-22(16)3/h7,9-12,15,24H,5-6,8H2,1-4H3,(H,18,25)/t11-,12+,15+/m0/s1. The van der Waals surface area contributed by atoms with Gasteiger partial charge in [0.05, 0.1) is 6.10 Å². The van der Waals surface area contributed by atoms with E-state index >= 15 is 0 Å². The average molecular weight is 346 g/mol. The third kappa shape index (κ3) is 3.58. The first kappa shape index (κ1) is 17.6. The summed E-state index contributed by atoms with van der Waals surface area (Å²) in [6.45, 7) is 4.57. The molecule has 1 saturated carbocycles. The molecule has 8 nitrogen and oxygen atoms in total. The molecule has 2 N–H and O–H groups in total. The molecular formula is C17H26N6O2. The van der Waals surface area contributed by atoms with Crippen LogP contribution in [0.4, 0.5) is 0 Å². The van der Waals surface area contributed by atoms with Crippen molar-refractivity contribution in [2.24, 2.45) is 20.0 Å². The number of hydrogen-bond acceptors (Lipinski definition) is 5. The van der Waals surface area contributed by atoms with Crippen LogP contribution >= 0.6 is 0 Å². The van der Waals surface area contributed by atoms with Gasteiger partial charge >= 0.3 is 0 Å². The molecule has 25 heavy (non-hydrogen) atoms. The maximum Gasteiger partial charge on any atom is 0.271 e. The van der Waals surface area contributed by atoms with Gasteiger partial charge in [0.1, 0.15) is 17.8 Å². The van der Waals surface area contributed by atoms with Crippen molar-refractivity contribution in [3.63, 3.8) is 0 Å². The van der Waals surface area contributed by atoms with Crippen LogP contribution in [0, 0.1) is 5.92 Å². The summed E-state index contributed by atoms with van der Waals surface area (Å²) in [6, 6.07) is 1.83. The Balaban J connectivity index is 1.59. The summed E-state index contributed by atoms with van der Waals surface area (Å²) >= 11 is 0. The number of hydrogen-bond donors (Lipinski definition) is 2. The van der Waals surface area contributed by atoms with E-state index < -0.39 is 6.10 Å². The zero-order chi connectivity index (χ0) is 18.1. The van der Waals surface area contributed by atoms with Crippen molar-refractivity contribution in [2.75, 3.05) is 6.54 Å². The highest BCUT2D eigenvalue weighted by molar-refractivity contribution is 5.92. The Morgan fingerprint density at radius 3 is 2.76 bits per heavy atom. The van der Waals surface area contributed by atoms with Gasteiger partial charge in [0, 0.05) is 38.2 Å². The van der Waals surface area contributed by atoms with Crippen molar-refractivity contribution in [2.45, 2.75) is 44.6 Å². The smallest absolute Gasteiger partial charge is 0.271 e. The molecule has 0 spiro atoms. The Labute approximate surface area is 147 Å². The van der Waals surface area contributed by atoms with E-state index in [9.17, 15) is 9.90 Å². The van der Waals surface area contributed by atoms with Crippen molar-refractivity contribution in [3.8, 4) is 0 Å². The normalized spacial score (nSPS) is 23.4. The van der Waals surface area contributed by atoms with Crippen LogP contribution in [0.15, 0.2) is 12.4 Å². The molecule has 8 heteroatoms. The zero-order valence-corrected chi connectivity index (χ0v) is 15.2. The van der Waals surface area contributed by atoms with Crippen LogP contribution in [-0.4, -0.2) is 48.2 Å². The minimum absolute atomic E-state index is 0.0129. The Hall–Kier alpha value is -2.22. The summed E-state index contributed by atoms with van der Waals surface area (Å²) in [5.41, 5.74) is 1.44. The molecule has 2 aromatic heterocycles. The van der Waals surface area contributed by atoms with Gasteiger partial charge in [-0.25, -0.2) is 0 Å². The van der Waals surface area contributed by atoms with Gasteiger partial charge in [0.2, 0.25) is 0 Å². The number of carbonyl (C=O) groups is 1. The summed E-state index contributed by atoms with van der Waals surface area (Å²) in [7, 11) is 3.75. The number of amides is 1. The molecule has 136 valence electrons. The lowest BCUT2D eigenvalue weighted by Crippen LogP contribution is -2.32. The lowest BCUT2D eigenvalue weighted by Gasteiger charge is -2.14. The van der Waals surface area contributed by atoms with E-state index in [1.165, 1.54) is 0 Å². The molecule has 0 unspecified atom stereocenters. The SMILES string of the molecule is CC(C)c1cc(C(=O)NC[C@H]2C[C@H](c3nncn3C)C[C@H]2O)nn1C. The molecular weight excluding hydrogens is 320 g/mol. The van der Waals surface area contributed by atoms with Crippen molar-refractivity contribution < 1.29 is 9.90 Å². The second kappa shape index (κ2) is 6.95. The van der Waals surface area contributed by atoms with E-state index in [0.29, 0.717) is 24.6 Å². The highest BCUT2D eigenvalue weighted by Gasteiger charge is 2.36. The van der Waals surface area contributed by atoms with E-state index in [0.717, 1.165) is 17.9 Å². The average Bonchev–Trinajstić information content (AvgIpc) is 3.23. The van der Waals surface area contributed by atoms with Crippen molar-refractivity contribution >= 4 is 5.91 Å². The van der Waals surface area contributed by atoms with Crippen LogP contribution in [0.5, 0.6) is 0 Å². The van der Waals surface area contributed by atoms with Crippen molar-refractivity contribution in [3.05, 3.63) is 29.6 Å². The Kier molecular flexibility index (Phi) is 4.89. The molecule has 0 aromatic carbocycles. The van der Waals surface area contributed by atoms with E-state index in [1.807, 2.05) is 24.7 Å². The molecule has 1 fully saturated rings. The topological polar surface area (TPSA) is 97.9 Å². The monoisotopic (exact) mass is 346 g/mol. The number of aliphatic hydroxyl groups excluding tert-OH is 1. The lowest BCUT2D eigenvalue weighted by atomic mass is 10.0. The fourth-order valence-corrected chi connectivity index (χ4v) is 3.64. The zero-order valence-electron chi connectivity index (χ0n) is 15.2. The quantitative estimate of drug-likeness (QED) is 0.840. The fourth-order valence-electron chi connectivity index (χ4n) is 3.64. The maximum absolute atomic E-state index is 12.4. The van der Waals surface area contributed by atoms with Crippen molar-refractivity contribution in [1.29, 1.82) is 0 Å². The van der Waals surface area contributed by atoms with Crippen LogP contribution in [0.25, 0.3) is 0 Å². The first-order chi connectivity index (χ1) is 11.9. The second-order valence-corrected chi connectivity index (χ2v) is 7.24. The predicted octanol–water partition coefficient (Wildman–Crippen LogP) is 0.956. The fraction of sp³-hybridized carbons (Fsp3) is 0.647. The first-order valence-corrected chi connectivity index (χ1v) is 8.71. The van der Waals surface area contributed by atoms with Gasteiger partial charge in [0.15, 0.2) is 0 Å². The molecule has 3 atom stereocenters. The number of carbonyl (C=O) groups excluding carboxylic acids is 1. The van der Waals surface area contributed by atoms with Gasteiger partial charge in [0.25, 0.3) is 5.91 Å². The molecule has 0 saturated heterocycles. The molecule has 1 aliphatic rings. The largest absolute Gasteiger partial charge is 0.393 e. The number of nitrogens with one attached hydrogen (secondary N) is 1. The van der Waals surface area contributed by atoms with Gasteiger partial charge in [-0.05, 0) is 24.8 Å². The van der Waals surface area contributed by atoms with Crippen LogP contribution in [0.3, 0.4) is 0 Å². The number of aliphatic hydroxyl groups is 1. The number of aryl methyl sites for hydroxylation is 2. The van der Waals surface area contributed by atoms with E-state index in [1.54, 1.807) is 11.0 Å². The van der Waals surface area contributed by atoms with Crippen LogP contribution in [0.2, 0.25) is 0 Å². The van der Waals surface area contributed by atoms with Gasteiger partial charge in [-0.1, -0.05) is 13.8 Å². The van der Waals surface area contributed by atoms with Gasteiger partial charge < -0.3 is 15.0 Å². The van der Waals surface area contributed by atoms with E-state index in [-0.39, 0.29) is 17.7 Å². The summed E-state index contributed by atoms with van der Waals surface area (Å²) in [5.74, 6) is 1.18. The number of aromatic nitrogens is 5. The van der Waals surface area contributed by atoms with Crippen LogP contribution < -0.4 is 5.32 Å². The van der Waals surface area contributed by atoms with E-state index in [4.69, 9.17) is 0 Å². The molecule has 1 amide bonds. The van der Waals surface area contributed by atoms with Crippen LogP contribution in [0.1, 0.15) is 60.5 Å². The van der Waals surface area contributed by atoms with Crippen LogP contribution in [-0.2, 0) is 14.1 Å². The molecule has 2 heterocycles. The predicted molar refractivity (Wildman–Crippen MR) is 92.1 cm³/mol. The lowest BCUT2D eigenvalue weighted by molar-refractivity contribution is 0.0911. The minimum Gasteiger partial charge on any atom is -0.393 e. The molecule has 3 rings (SSSR count). The summed E-state index contributed by atoms with van der Waals surface area (Å²) in [6.07, 6.45) is 2.66. The third-order valence-electron chi connectivity index (χ3n) is 5.03. The molecule has 1 aliphatic carbocycles. The molecule has 0 aliphatic heterocycles. The Bertz CT molecular complexity index is 750. The number of nitrogens with zero attached hydrogens (tertiary/aromatic N) is 5. The summed E-state index contributed by atoms with van der Waals surface area (Å²) < 4.78 is 3.63. The van der Waals surface area contributed by atoms with Gasteiger partial charge in [-0.3, -0.25) is 9.48 Å². The molecule has 0 radical (unpaired) electrons. The first-order valence-electron chi connectivity index (χ1n) is 8.71. The molecule has 0 bridgehead atoms. The highest BCUT2D eigenvalue weighted by Crippen LogP contribution is 2.37. The molecule has 2 aromatic rings. The second-order valence-electron chi connectivity index (χ2n) is 7.24. The summed E-state index contributed by atoms with van der Waals surface area (Å²) in [5, 5.41) is 25.6.